The van der Waals surface area contributed by atoms with E-state index in [2.05, 4.69) is 44.9 Å². The number of nitrogens with one attached hydrogen (secondary N) is 1. The van der Waals surface area contributed by atoms with Crippen LogP contribution >= 0.6 is 22.6 Å². The fraction of sp³-hybridized carbons (Fsp3) is 0.278. The number of carbonyl (C=O) groups is 1. The maximum absolute atomic E-state index is 11.8. The Labute approximate surface area is 151 Å². The van der Waals surface area contributed by atoms with E-state index in [1.54, 1.807) is 0 Å². The first-order chi connectivity index (χ1) is 11.0. The van der Waals surface area contributed by atoms with Crippen LogP contribution in [0, 0.1) is 3.57 Å². The second-order valence-corrected chi connectivity index (χ2v) is 6.82. The number of halogens is 1. The SMILES string of the molecule is CN(C)Cc1ccc(CNC(=O)COc2ccc(I)cc2)cc1. The Morgan fingerprint density at radius 3 is 2.26 bits per heavy atom. The average molecular weight is 424 g/mol. The van der Waals surface area contributed by atoms with Crippen LogP contribution in [0.15, 0.2) is 48.5 Å². The molecular formula is C18H21IN2O2. The van der Waals surface area contributed by atoms with Crippen LogP contribution in [0.2, 0.25) is 0 Å². The third kappa shape index (κ3) is 6.58. The molecule has 2 rings (SSSR count). The van der Waals surface area contributed by atoms with Crippen LogP contribution in [-0.2, 0) is 17.9 Å². The zero-order chi connectivity index (χ0) is 16.7. The molecular weight excluding hydrogens is 403 g/mol. The first-order valence-corrected chi connectivity index (χ1v) is 8.48. The van der Waals surface area contributed by atoms with Crippen LogP contribution in [-0.4, -0.2) is 31.5 Å². The van der Waals surface area contributed by atoms with E-state index in [1.165, 1.54) is 5.56 Å². The van der Waals surface area contributed by atoms with Gasteiger partial charge in [-0.05, 0) is 72.1 Å². The van der Waals surface area contributed by atoms with E-state index in [4.69, 9.17) is 4.74 Å². The van der Waals surface area contributed by atoms with E-state index in [0.717, 1.165) is 15.7 Å². The molecule has 1 amide bonds. The highest BCUT2D eigenvalue weighted by Gasteiger charge is 2.03. The summed E-state index contributed by atoms with van der Waals surface area (Å²) in [6, 6.07) is 15.9. The number of ether oxygens (including phenoxy) is 1. The third-order valence-electron chi connectivity index (χ3n) is 3.20. The zero-order valence-corrected chi connectivity index (χ0v) is 15.5. The molecule has 0 unspecified atom stereocenters. The van der Waals surface area contributed by atoms with Gasteiger partial charge in [-0.15, -0.1) is 0 Å². The van der Waals surface area contributed by atoms with Crippen molar-refractivity contribution in [1.82, 2.24) is 10.2 Å². The average Bonchev–Trinajstić information content (AvgIpc) is 2.53. The Bertz CT molecular complexity index is 624. The van der Waals surface area contributed by atoms with Crippen molar-refractivity contribution in [3.05, 3.63) is 63.2 Å². The Morgan fingerprint density at radius 2 is 1.65 bits per heavy atom. The van der Waals surface area contributed by atoms with E-state index in [9.17, 15) is 4.79 Å². The van der Waals surface area contributed by atoms with Crippen molar-refractivity contribution < 1.29 is 9.53 Å². The topological polar surface area (TPSA) is 41.6 Å². The predicted molar refractivity (Wildman–Crippen MR) is 100 cm³/mol. The van der Waals surface area contributed by atoms with Crippen molar-refractivity contribution in [3.63, 3.8) is 0 Å². The van der Waals surface area contributed by atoms with Gasteiger partial charge in [0, 0.05) is 16.7 Å². The highest BCUT2D eigenvalue weighted by atomic mass is 127. The Kier molecular flexibility index (Phi) is 6.85. The Balaban J connectivity index is 1.74. The summed E-state index contributed by atoms with van der Waals surface area (Å²) in [5.41, 5.74) is 2.34. The van der Waals surface area contributed by atoms with Crippen molar-refractivity contribution in [2.75, 3.05) is 20.7 Å². The highest BCUT2D eigenvalue weighted by Crippen LogP contribution is 2.13. The molecule has 122 valence electrons. The Hall–Kier alpha value is -1.60. The van der Waals surface area contributed by atoms with Gasteiger partial charge in [0.25, 0.3) is 5.91 Å². The second-order valence-electron chi connectivity index (χ2n) is 5.57. The minimum Gasteiger partial charge on any atom is -0.484 e. The number of nitrogens with zero attached hydrogens (tertiary/aromatic N) is 1. The molecule has 0 fully saturated rings. The summed E-state index contributed by atoms with van der Waals surface area (Å²) in [4.78, 5) is 13.9. The molecule has 2 aromatic carbocycles. The number of amides is 1. The van der Waals surface area contributed by atoms with Gasteiger partial charge in [-0.25, -0.2) is 0 Å². The van der Waals surface area contributed by atoms with Crippen LogP contribution in [0.25, 0.3) is 0 Å². The summed E-state index contributed by atoms with van der Waals surface area (Å²) in [5.74, 6) is 0.578. The normalized spacial score (nSPS) is 10.6. The van der Waals surface area contributed by atoms with E-state index >= 15 is 0 Å². The summed E-state index contributed by atoms with van der Waals surface area (Å²) < 4.78 is 6.59. The summed E-state index contributed by atoms with van der Waals surface area (Å²) >= 11 is 2.23. The molecule has 0 aliphatic rings. The van der Waals surface area contributed by atoms with Crippen LogP contribution in [0.4, 0.5) is 0 Å². The minimum atomic E-state index is -0.124. The van der Waals surface area contributed by atoms with Gasteiger partial charge in [0.1, 0.15) is 5.75 Å². The summed E-state index contributed by atoms with van der Waals surface area (Å²) in [5, 5.41) is 2.86. The summed E-state index contributed by atoms with van der Waals surface area (Å²) in [7, 11) is 4.09. The van der Waals surface area contributed by atoms with Crippen LogP contribution in [0.3, 0.4) is 0 Å². The van der Waals surface area contributed by atoms with E-state index in [1.807, 2.05) is 50.5 Å². The molecule has 0 aromatic heterocycles. The molecule has 0 spiro atoms. The number of hydrogen-bond donors (Lipinski definition) is 1. The van der Waals surface area contributed by atoms with Crippen molar-refractivity contribution in [3.8, 4) is 5.75 Å². The molecule has 0 bridgehead atoms. The maximum atomic E-state index is 11.8. The fourth-order valence-corrected chi connectivity index (χ4v) is 2.42. The van der Waals surface area contributed by atoms with Gasteiger partial charge in [-0.3, -0.25) is 4.79 Å². The lowest BCUT2D eigenvalue weighted by atomic mass is 10.1. The smallest absolute Gasteiger partial charge is 0.258 e. The van der Waals surface area contributed by atoms with Gasteiger partial charge in [-0.2, -0.15) is 0 Å². The van der Waals surface area contributed by atoms with E-state index < -0.39 is 0 Å². The van der Waals surface area contributed by atoms with Crippen LogP contribution in [0.5, 0.6) is 5.75 Å². The monoisotopic (exact) mass is 424 g/mol. The molecule has 2 aromatic rings. The standard InChI is InChI=1S/C18H21IN2O2/c1-21(2)12-15-5-3-14(4-6-15)11-20-18(22)13-23-17-9-7-16(19)8-10-17/h3-10H,11-13H2,1-2H3,(H,20,22). The Morgan fingerprint density at radius 1 is 1.04 bits per heavy atom. The predicted octanol–water partition coefficient (Wildman–Crippen LogP) is 3.05. The molecule has 0 aliphatic heterocycles. The molecule has 0 heterocycles. The van der Waals surface area contributed by atoms with Gasteiger partial charge < -0.3 is 15.0 Å². The van der Waals surface area contributed by atoms with E-state index in [0.29, 0.717) is 12.3 Å². The first kappa shape index (κ1) is 17.7. The second kappa shape index (κ2) is 8.88. The molecule has 0 saturated carbocycles. The molecule has 5 heteroatoms. The highest BCUT2D eigenvalue weighted by molar-refractivity contribution is 14.1. The van der Waals surface area contributed by atoms with Gasteiger partial charge in [0.15, 0.2) is 6.61 Å². The lowest BCUT2D eigenvalue weighted by molar-refractivity contribution is -0.123. The molecule has 0 atom stereocenters. The van der Waals surface area contributed by atoms with Crippen molar-refractivity contribution in [1.29, 1.82) is 0 Å². The number of carbonyl (C=O) groups excluding carboxylic acids is 1. The molecule has 4 nitrogen and oxygen atoms in total. The fourth-order valence-electron chi connectivity index (χ4n) is 2.06. The summed E-state index contributed by atoms with van der Waals surface area (Å²) in [6.45, 7) is 1.45. The lowest BCUT2D eigenvalue weighted by Gasteiger charge is -2.11. The molecule has 0 saturated heterocycles. The van der Waals surface area contributed by atoms with E-state index in [-0.39, 0.29) is 12.5 Å². The first-order valence-electron chi connectivity index (χ1n) is 7.40. The molecule has 1 N–H and O–H groups in total. The van der Waals surface area contributed by atoms with Crippen molar-refractivity contribution in [2.24, 2.45) is 0 Å². The lowest BCUT2D eigenvalue weighted by Crippen LogP contribution is -2.28. The number of benzene rings is 2. The summed E-state index contributed by atoms with van der Waals surface area (Å²) in [6.07, 6.45) is 0. The zero-order valence-electron chi connectivity index (χ0n) is 13.4. The van der Waals surface area contributed by atoms with Crippen LogP contribution < -0.4 is 10.1 Å². The van der Waals surface area contributed by atoms with Gasteiger partial charge in [-0.1, -0.05) is 24.3 Å². The van der Waals surface area contributed by atoms with Crippen molar-refractivity contribution >= 4 is 28.5 Å². The van der Waals surface area contributed by atoms with Crippen LogP contribution in [0.1, 0.15) is 11.1 Å². The molecule has 0 radical (unpaired) electrons. The maximum Gasteiger partial charge on any atom is 0.258 e. The molecule has 23 heavy (non-hydrogen) atoms. The van der Waals surface area contributed by atoms with Gasteiger partial charge in [0.2, 0.25) is 0 Å². The van der Waals surface area contributed by atoms with Crippen molar-refractivity contribution in [2.45, 2.75) is 13.1 Å². The molecule has 0 aliphatic carbocycles. The number of rotatable bonds is 7. The minimum absolute atomic E-state index is 0.0271. The quantitative estimate of drug-likeness (QED) is 0.695. The van der Waals surface area contributed by atoms with Gasteiger partial charge in [0.05, 0.1) is 0 Å². The third-order valence-corrected chi connectivity index (χ3v) is 3.91. The largest absolute Gasteiger partial charge is 0.484 e. The number of hydrogen-bond acceptors (Lipinski definition) is 3. The van der Waals surface area contributed by atoms with Gasteiger partial charge >= 0.3 is 0 Å².